The first-order valence-corrected chi connectivity index (χ1v) is 7.71. The highest BCUT2D eigenvalue weighted by atomic mass is 16.5. The Balaban J connectivity index is 2.28. The first kappa shape index (κ1) is 17.7. The summed E-state index contributed by atoms with van der Waals surface area (Å²) in [5.41, 5.74) is 0.571. The molecule has 3 rings (SSSR count). The molecule has 7 nitrogen and oxygen atoms in total. The largest absolute Gasteiger partial charge is 0.497 e. The maximum atomic E-state index is 13.1. The average Bonchev–Trinajstić information content (AvgIpc) is 3.09. The molecule has 1 heterocycles. The number of rotatable bonds is 4. The first-order chi connectivity index (χ1) is 13.0. The third-order valence-corrected chi connectivity index (χ3v) is 4.02. The zero-order chi connectivity index (χ0) is 19.6. The molecule has 0 N–H and O–H groups in total. The second-order valence-corrected chi connectivity index (χ2v) is 5.47. The number of hydrogen-bond acceptors (Lipinski definition) is 7. The highest BCUT2D eigenvalue weighted by Crippen LogP contribution is 2.31. The average molecular weight is 360 g/mol. The fourth-order valence-electron chi connectivity index (χ4n) is 2.68. The van der Waals surface area contributed by atoms with Gasteiger partial charge in [-0.25, -0.2) is 4.79 Å². The molecule has 0 aliphatic rings. The molecule has 0 bridgehead atoms. The van der Waals surface area contributed by atoms with E-state index >= 15 is 0 Å². The van der Waals surface area contributed by atoms with E-state index in [1.807, 2.05) is 12.1 Å². The minimum Gasteiger partial charge on any atom is -0.497 e. The smallest absolute Gasteiger partial charge is 0.374 e. The molecule has 2 aromatic carbocycles. The number of ether oxygens (including phenoxy) is 2. The Labute approximate surface area is 153 Å². The number of fused-ring (bicyclic) bond motifs is 1. The van der Waals surface area contributed by atoms with Gasteiger partial charge in [0.2, 0.25) is 5.76 Å². The Kier molecular flexibility index (Phi) is 4.61. The summed E-state index contributed by atoms with van der Waals surface area (Å²) in [6.45, 7) is 0. The molecule has 0 saturated carbocycles. The van der Waals surface area contributed by atoms with Crippen molar-refractivity contribution in [2.75, 3.05) is 14.2 Å². The second kappa shape index (κ2) is 7.03. The van der Waals surface area contributed by atoms with Crippen LogP contribution in [-0.2, 0) is 4.74 Å². The normalized spacial score (nSPS) is 10.1. The van der Waals surface area contributed by atoms with Crippen LogP contribution in [0, 0.1) is 22.7 Å². The maximum absolute atomic E-state index is 13.1. The lowest BCUT2D eigenvalue weighted by Crippen LogP contribution is -2.09. The van der Waals surface area contributed by atoms with Crippen LogP contribution in [0.4, 0.5) is 0 Å². The molecule has 0 aliphatic carbocycles. The molecule has 0 saturated heterocycles. The van der Waals surface area contributed by atoms with Gasteiger partial charge in [-0.3, -0.25) is 4.79 Å². The number of hydrogen-bond donors (Lipinski definition) is 0. The predicted octanol–water partition coefficient (Wildman–Crippen LogP) is 3.20. The second-order valence-electron chi connectivity index (χ2n) is 5.47. The number of benzene rings is 2. The van der Waals surface area contributed by atoms with Crippen LogP contribution in [0.3, 0.4) is 0 Å². The molecule has 0 amide bonds. The van der Waals surface area contributed by atoms with Crippen LogP contribution in [0.1, 0.15) is 37.6 Å². The third-order valence-electron chi connectivity index (χ3n) is 4.02. The molecular formula is C20H12N2O5. The van der Waals surface area contributed by atoms with Gasteiger partial charge in [0.1, 0.15) is 23.5 Å². The van der Waals surface area contributed by atoms with E-state index in [9.17, 15) is 14.9 Å². The summed E-state index contributed by atoms with van der Waals surface area (Å²) in [5.74, 6) is -1.03. The summed E-state index contributed by atoms with van der Waals surface area (Å²) in [4.78, 5) is 25.2. The summed E-state index contributed by atoms with van der Waals surface area (Å²) in [6, 6.07) is 12.8. The van der Waals surface area contributed by atoms with Crippen LogP contribution in [0.5, 0.6) is 5.75 Å². The predicted molar refractivity (Wildman–Crippen MR) is 93.4 cm³/mol. The van der Waals surface area contributed by atoms with Crippen molar-refractivity contribution in [3.63, 3.8) is 0 Å². The number of nitriles is 2. The van der Waals surface area contributed by atoms with E-state index in [1.165, 1.54) is 26.4 Å². The SMILES string of the molecule is COC(=O)c1oc2cc(C#N)c(C#N)cc2c1C(=O)c1ccc(OC)cc1. The zero-order valence-electron chi connectivity index (χ0n) is 14.4. The van der Waals surface area contributed by atoms with Gasteiger partial charge in [-0.05, 0) is 30.3 Å². The number of methoxy groups -OCH3 is 2. The van der Waals surface area contributed by atoms with Gasteiger partial charge in [-0.1, -0.05) is 0 Å². The molecule has 0 radical (unpaired) electrons. The molecule has 132 valence electrons. The number of furan rings is 1. The molecule has 0 aliphatic heterocycles. The van der Waals surface area contributed by atoms with Crippen LogP contribution >= 0.6 is 0 Å². The summed E-state index contributed by atoms with van der Waals surface area (Å²) in [7, 11) is 2.67. The van der Waals surface area contributed by atoms with Crippen LogP contribution in [0.2, 0.25) is 0 Å². The van der Waals surface area contributed by atoms with E-state index in [1.54, 1.807) is 24.3 Å². The molecule has 0 spiro atoms. The van der Waals surface area contributed by atoms with Gasteiger partial charge in [-0.15, -0.1) is 0 Å². The summed E-state index contributed by atoms with van der Waals surface area (Å²) >= 11 is 0. The summed E-state index contributed by atoms with van der Waals surface area (Å²) in [5, 5.41) is 18.7. The van der Waals surface area contributed by atoms with Crippen molar-refractivity contribution in [2.24, 2.45) is 0 Å². The highest BCUT2D eigenvalue weighted by Gasteiger charge is 2.28. The minimum atomic E-state index is -0.833. The van der Waals surface area contributed by atoms with E-state index < -0.39 is 11.8 Å². The van der Waals surface area contributed by atoms with E-state index in [4.69, 9.17) is 19.2 Å². The highest BCUT2D eigenvalue weighted by molar-refractivity contribution is 6.20. The fraction of sp³-hybridized carbons (Fsp3) is 0.100. The third kappa shape index (κ3) is 2.99. The lowest BCUT2D eigenvalue weighted by molar-refractivity contribution is 0.0564. The zero-order valence-corrected chi connectivity index (χ0v) is 14.4. The van der Waals surface area contributed by atoms with E-state index in [0.717, 1.165) is 0 Å². The van der Waals surface area contributed by atoms with Gasteiger partial charge in [0.25, 0.3) is 0 Å². The molecular weight excluding hydrogens is 348 g/mol. The topological polar surface area (TPSA) is 113 Å². The Morgan fingerprint density at radius 3 is 2.19 bits per heavy atom. The van der Waals surface area contributed by atoms with Gasteiger partial charge >= 0.3 is 5.97 Å². The number of ketones is 1. The van der Waals surface area contributed by atoms with Crippen molar-refractivity contribution >= 4 is 22.7 Å². The molecule has 27 heavy (non-hydrogen) atoms. The summed E-state index contributed by atoms with van der Waals surface area (Å²) in [6.07, 6.45) is 0. The Hall–Kier alpha value is -4.10. The van der Waals surface area contributed by atoms with Crippen molar-refractivity contribution in [3.05, 3.63) is 64.4 Å². The molecule has 1 aromatic heterocycles. The van der Waals surface area contributed by atoms with Crippen molar-refractivity contribution in [1.29, 1.82) is 10.5 Å². The van der Waals surface area contributed by atoms with E-state index in [0.29, 0.717) is 11.3 Å². The van der Waals surface area contributed by atoms with Gasteiger partial charge in [0, 0.05) is 17.0 Å². The van der Waals surface area contributed by atoms with Crippen molar-refractivity contribution < 1.29 is 23.5 Å². The Morgan fingerprint density at radius 2 is 1.63 bits per heavy atom. The number of nitrogens with zero attached hydrogens (tertiary/aromatic N) is 2. The van der Waals surface area contributed by atoms with Crippen molar-refractivity contribution in [1.82, 2.24) is 0 Å². The van der Waals surface area contributed by atoms with E-state index in [-0.39, 0.29) is 33.4 Å². The molecule has 3 aromatic rings. The minimum absolute atomic E-state index is 0.0250. The first-order valence-electron chi connectivity index (χ1n) is 7.71. The lowest BCUT2D eigenvalue weighted by atomic mass is 9.97. The van der Waals surface area contributed by atoms with Gasteiger partial charge in [-0.2, -0.15) is 10.5 Å². The fourth-order valence-corrected chi connectivity index (χ4v) is 2.68. The van der Waals surface area contributed by atoms with Crippen LogP contribution in [0.15, 0.2) is 40.8 Å². The van der Waals surface area contributed by atoms with E-state index in [2.05, 4.69) is 0 Å². The Morgan fingerprint density at radius 1 is 1.00 bits per heavy atom. The van der Waals surface area contributed by atoms with Crippen molar-refractivity contribution in [2.45, 2.75) is 0 Å². The molecule has 7 heteroatoms. The lowest BCUT2D eigenvalue weighted by Gasteiger charge is -2.04. The van der Waals surface area contributed by atoms with Crippen LogP contribution in [0.25, 0.3) is 11.0 Å². The monoisotopic (exact) mass is 360 g/mol. The van der Waals surface area contributed by atoms with Crippen molar-refractivity contribution in [3.8, 4) is 17.9 Å². The number of esters is 1. The van der Waals surface area contributed by atoms with Gasteiger partial charge in [0.05, 0.1) is 30.9 Å². The molecule has 0 unspecified atom stereocenters. The summed E-state index contributed by atoms with van der Waals surface area (Å²) < 4.78 is 15.3. The standard InChI is InChI=1S/C20H12N2O5/c1-25-14-5-3-11(4-6-14)18(23)17-15-7-12(9-21)13(10-22)8-16(15)27-19(17)20(24)26-2/h3-8H,1-2H3. The van der Waals surface area contributed by atoms with Gasteiger partial charge in [0.15, 0.2) is 5.78 Å². The molecule has 0 fully saturated rings. The van der Waals surface area contributed by atoms with Crippen LogP contribution < -0.4 is 4.74 Å². The van der Waals surface area contributed by atoms with Gasteiger partial charge < -0.3 is 13.9 Å². The maximum Gasteiger partial charge on any atom is 0.374 e. The Bertz CT molecular complexity index is 1140. The quantitative estimate of drug-likeness (QED) is 0.518. The number of carbonyl (C=O) groups is 2. The van der Waals surface area contributed by atoms with Crippen LogP contribution in [-0.4, -0.2) is 26.0 Å². The number of carbonyl (C=O) groups excluding carboxylic acids is 2. The molecule has 0 atom stereocenters.